The fourth-order valence-electron chi connectivity index (χ4n) is 0. The molecule has 0 N–H and O–H groups in total. The molecule has 0 fully saturated rings. The molecule has 0 aromatic rings. The van der Waals surface area contributed by atoms with Gasteiger partial charge in [0.25, 0.3) is 0 Å². The van der Waals surface area contributed by atoms with Crippen molar-refractivity contribution in [1.29, 1.82) is 0 Å². The van der Waals surface area contributed by atoms with Gasteiger partial charge in [-0.15, -0.1) is 24.8 Å². The molecule has 0 rings (SSSR count). The summed E-state index contributed by atoms with van der Waals surface area (Å²) in [4.78, 5) is 0. The molecular weight excluding hydrogens is 182 g/mol. The van der Waals surface area contributed by atoms with E-state index < -0.39 is 0 Å². The Hall–Kier alpha value is 3.06. The van der Waals surface area contributed by atoms with E-state index in [1.54, 1.807) is 0 Å². The number of hydrogen-bond acceptors (Lipinski definition) is 0. The average molecular weight is 187 g/mol. The Morgan fingerprint density at radius 1 is 0.750 bits per heavy atom. The zero-order valence-corrected chi connectivity index (χ0v) is 2.45. The summed E-state index contributed by atoms with van der Waals surface area (Å²) in [5.74, 6) is 0. The molecule has 0 bridgehead atoms. The normalized spacial score (nSPS) is 0. The standard InChI is InChI=1S/2ClH.Na.Sr.3H/h2*1H;;;;;. The van der Waals surface area contributed by atoms with Gasteiger partial charge in [0.05, 0.1) is 0 Å². The van der Waals surface area contributed by atoms with E-state index in [4.69, 9.17) is 0 Å². The van der Waals surface area contributed by atoms with Crippen LogP contribution in [0.4, 0.5) is 0 Å². The molecule has 0 radical (unpaired) electrons. The molecule has 0 aromatic carbocycles. The third-order valence-corrected chi connectivity index (χ3v) is 0. The van der Waals surface area contributed by atoms with Crippen LogP contribution < -0.4 is 0 Å². The average Bonchev–Trinajstić information content (AvgIpc) is 0. The van der Waals surface area contributed by atoms with Crippen molar-refractivity contribution in [1.82, 2.24) is 0 Å². The zero-order chi connectivity index (χ0) is 0. The van der Waals surface area contributed by atoms with Gasteiger partial charge >= 0.3 is 75.0 Å². The van der Waals surface area contributed by atoms with Crippen LogP contribution in [-0.4, -0.2) is 75.0 Å². The fraction of sp³-hybridized carbons (Fsp3) is 0. The molecule has 0 aliphatic rings. The number of halogens is 2. The second kappa shape index (κ2) is 16.6. The van der Waals surface area contributed by atoms with Crippen molar-refractivity contribution in [2.75, 3.05) is 0 Å². The summed E-state index contributed by atoms with van der Waals surface area (Å²) in [6, 6.07) is 0. The van der Waals surface area contributed by atoms with E-state index in [-0.39, 0.29) is 99.9 Å². The summed E-state index contributed by atoms with van der Waals surface area (Å²) in [5, 5.41) is 0. The van der Waals surface area contributed by atoms with Crippen LogP contribution in [0.25, 0.3) is 0 Å². The predicted molar refractivity (Wildman–Crippen MR) is 30.2 cm³/mol. The number of rotatable bonds is 0. The van der Waals surface area contributed by atoms with Crippen LogP contribution in [0.1, 0.15) is 0 Å². The van der Waals surface area contributed by atoms with Crippen LogP contribution >= 0.6 is 24.8 Å². The Morgan fingerprint density at radius 2 is 0.750 bits per heavy atom. The molecule has 0 spiro atoms. The summed E-state index contributed by atoms with van der Waals surface area (Å²) >= 11 is 0. The molecule has 0 aliphatic heterocycles. The molecule has 0 aliphatic carbocycles. The van der Waals surface area contributed by atoms with Gasteiger partial charge in [-0.3, -0.25) is 0 Å². The molecule has 0 aromatic heterocycles. The summed E-state index contributed by atoms with van der Waals surface area (Å²) in [6.07, 6.45) is 0. The van der Waals surface area contributed by atoms with E-state index in [2.05, 4.69) is 0 Å². The first kappa shape index (κ1) is 27.7. The van der Waals surface area contributed by atoms with E-state index >= 15 is 0 Å². The van der Waals surface area contributed by atoms with Crippen LogP contribution in [0, 0.1) is 0 Å². The second-order valence-corrected chi connectivity index (χ2v) is 0. The summed E-state index contributed by atoms with van der Waals surface area (Å²) < 4.78 is 0. The van der Waals surface area contributed by atoms with E-state index in [0.29, 0.717) is 0 Å². The minimum atomic E-state index is 0. The van der Waals surface area contributed by atoms with Gasteiger partial charge in [-0.25, -0.2) is 0 Å². The van der Waals surface area contributed by atoms with E-state index in [9.17, 15) is 0 Å². The number of hydrogen-bond donors (Lipinski definition) is 0. The summed E-state index contributed by atoms with van der Waals surface area (Å²) in [5.41, 5.74) is 0. The van der Waals surface area contributed by atoms with Crippen molar-refractivity contribution in [2.45, 2.75) is 0 Å². The van der Waals surface area contributed by atoms with Crippen molar-refractivity contribution in [3.05, 3.63) is 0 Å². The molecule has 0 heterocycles. The van der Waals surface area contributed by atoms with Crippen molar-refractivity contribution in [2.24, 2.45) is 0 Å². The molecule has 0 nitrogen and oxygen atoms in total. The maximum absolute atomic E-state index is 0. The van der Waals surface area contributed by atoms with Gasteiger partial charge in [-0.2, -0.15) is 0 Å². The van der Waals surface area contributed by atoms with Crippen LogP contribution in [0.3, 0.4) is 0 Å². The quantitative estimate of drug-likeness (QED) is 0.438. The Morgan fingerprint density at radius 3 is 0.750 bits per heavy atom. The van der Waals surface area contributed by atoms with Crippen LogP contribution in [0.2, 0.25) is 0 Å². The van der Waals surface area contributed by atoms with Gasteiger partial charge in [0.2, 0.25) is 0 Å². The third-order valence-electron chi connectivity index (χ3n) is 0. The molecule has 4 heavy (non-hydrogen) atoms. The van der Waals surface area contributed by atoms with Gasteiger partial charge in [0.1, 0.15) is 0 Å². The van der Waals surface area contributed by atoms with Crippen LogP contribution in [0.15, 0.2) is 0 Å². The molecule has 0 atom stereocenters. The van der Waals surface area contributed by atoms with Crippen LogP contribution in [0.5, 0.6) is 0 Å². The Bertz CT molecular complexity index is 6.00. The van der Waals surface area contributed by atoms with Gasteiger partial charge in [0, 0.05) is 0 Å². The predicted octanol–water partition coefficient (Wildman–Crippen LogP) is -0.721. The molecular formula is H5Cl2NaSr. The van der Waals surface area contributed by atoms with E-state index in [1.165, 1.54) is 0 Å². The van der Waals surface area contributed by atoms with E-state index in [0.717, 1.165) is 0 Å². The summed E-state index contributed by atoms with van der Waals surface area (Å²) in [6.45, 7) is 0. The van der Waals surface area contributed by atoms with E-state index in [1.807, 2.05) is 0 Å². The zero-order valence-electron chi connectivity index (χ0n) is 0.816. The van der Waals surface area contributed by atoms with Crippen molar-refractivity contribution in [3.8, 4) is 0 Å². The first-order valence-electron chi connectivity index (χ1n) is 0. The van der Waals surface area contributed by atoms with Crippen molar-refractivity contribution in [3.63, 3.8) is 0 Å². The molecule has 0 saturated carbocycles. The van der Waals surface area contributed by atoms with Gasteiger partial charge < -0.3 is 0 Å². The molecule has 4 heteroatoms. The van der Waals surface area contributed by atoms with Crippen molar-refractivity contribution < 1.29 is 0 Å². The molecule has 22 valence electrons. The minimum absolute atomic E-state index is 0. The van der Waals surface area contributed by atoms with Gasteiger partial charge in [-0.1, -0.05) is 0 Å². The second-order valence-electron chi connectivity index (χ2n) is 0. The summed E-state index contributed by atoms with van der Waals surface area (Å²) in [7, 11) is 0. The Kier molecular flexibility index (Phi) is 115. The molecule has 0 unspecified atom stereocenters. The SMILES string of the molecule is Cl.Cl.[NaH].[SrH2]. The molecule has 0 amide bonds. The topological polar surface area (TPSA) is 0 Å². The Balaban J connectivity index is 0. The third kappa shape index (κ3) is 8.91. The monoisotopic (exact) mass is 186 g/mol. The molecule has 0 saturated heterocycles. The van der Waals surface area contributed by atoms with Crippen LogP contribution in [-0.2, 0) is 0 Å². The van der Waals surface area contributed by atoms with Crippen molar-refractivity contribution >= 4 is 99.9 Å². The maximum atomic E-state index is 0. The Labute approximate surface area is 97.5 Å². The fourth-order valence-corrected chi connectivity index (χ4v) is 0. The van der Waals surface area contributed by atoms with Gasteiger partial charge in [0.15, 0.2) is 0 Å². The first-order valence-corrected chi connectivity index (χ1v) is 0. The first-order chi connectivity index (χ1) is 0. The van der Waals surface area contributed by atoms with Gasteiger partial charge in [-0.05, 0) is 0 Å².